The van der Waals surface area contributed by atoms with E-state index in [1.807, 2.05) is 0 Å². The van der Waals surface area contributed by atoms with E-state index in [1.165, 1.54) is 64.2 Å². The number of rotatable bonds is 12. The Bertz CT molecular complexity index is 459. The lowest BCUT2D eigenvalue weighted by Gasteiger charge is -2.30. The summed E-state index contributed by atoms with van der Waals surface area (Å²) in [7, 11) is 0. The Labute approximate surface area is 195 Å². The average Bonchev–Trinajstić information content (AvgIpc) is 2.73. The van der Waals surface area contributed by atoms with Crippen LogP contribution in [0, 0.1) is 10.8 Å². The highest BCUT2D eigenvalue weighted by atomic mass is 32.2. The maximum absolute atomic E-state index is 9.45. The molecule has 0 spiro atoms. The minimum atomic E-state index is 0.0846. The van der Waals surface area contributed by atoms with E-state index in [0.29, 0.717) is 23.7 Å². The third-order valence-electron chi connectivity index (χ3n) is 6.92. The molecule has 2 fully saturated rings. The molecule has 0 bridgehead atoms. The lowest BCUT2D eigenvalue weighted by atomic mass is 9.87. The number of aliphatic hydroxyl groups excluding tert-OH is 2. The quantitative estimate of drug-likeness (QED) is 0.304. The maximum atomic E-state index is 9.45. The predicted octanol–water partition coefficient (Wildman–Crippen LogP) is 7.23. The second-order valence-corrected chi connectivity index (χ2v) is 14.4. The molecule has 176 valence electrons. The first-order chi connectivity index (χ1) is 14.2. The van der Waals surface area contributed by atoms with Gasteiger partial charge in [0, 0.05) is 34.2 Å². The molecule has 30 heavy (non-hydrogen) atoms. The summed E-state index contributed by atoms with van der Waals surface area (Å²) in [5, 5.41) is 21.9. The predicted molar refractivity (Wildman–Crippen MR) is 137 cm³/mol. The van der Waals surface area contributed by atoms with Gasteiger partial charge in [0.15, 0.2) is 0 Å². The molecule has 2 heterocycles. The molecule has 0 aromatic carbocycles. The molecule has 0 aromatic rings. The summed E-state index contributed by atoms with van der Waals surface area (Å²) >= 11 is 4.43. The van der Waals surface area contributed by atoms with Gasteiger partial charge in [0.1, 0.15) is 0 Å². The maximum Gasteiger partial charge on any atom is 0.0482 e. The van der Waals surface area contributed by atoms with Gasteiger partial charge in [0.25, 0.3) is 0 Å². The highest BCUT2D eigenvalue weighted by Crippen LogP contribution is 2.39. The molecule has 2 nitrogen and oxygen atoms in total. The summed E-state index contributed by atoms with van der Waals surface area (Å²) in [5.41, 5.74) is 0.169. The third-order valence-corrected chi connectivity index (χ3v) is 10.1. The van der Waals surface area contributed by atoms with Gasteiger partial charge in [-0.3, -0.25) is 0 Å². The molecule has 2 rings (SSSR count). The fourth-order valence-corrected chi connectivity index (χ4v) is 7.76. The van der Waals surface area contributed by atoms with E-state index in [2.05, 4.69) is 63.4 Å². The fourth-order valence-electron chi connectivity index (χ4n) is 4.59. The first-order valence-electron chi connectivity index (χ1n) is 12.4. The zero-order valence-corrected chi connectivity index (χ0v) is 21.7. The number of hydrogen-bond donors (Lipinski definition) is 2. The van der Waals surface area contributed by atoms with E-state index in [-0.39, 0.29) is 10.8 Å². The Hall–Kier alpha value is 0.360. The van der Waals surface area contributed by atoms with Crippen LogP contribution >= 0.6 is 23.5 Å². The van der Waals surface area contributed by atoms with Gasteiger partial charge < -0.3 is 10.2 Å². The van der Waals surface area contributed by atoms with E-state index in [4.69, 9.17) is 0 Å². The SMILES string of the molecule is CC(C)(CO)CCCC1CCCC(C=CC2CCCC(CCCC(C)(C)CO)S2)S1. The molecule has 4 heteroatoms. The van der Waals surface area contributed by atoms with E-state index in [0.717, 1.165) is 23.3 Å². The van der Waals surface area contributed by atoms with Crippen molar-refractivity contribution in [3.05, 3.63) is 12.2 Å². The number of hydrogen-bond acceptors (Lipinski definition) is 4. The van der Waals surface area contributed by atoms with Gasteiger partial charge in [0.2, 0.25) is 0 Å². The topological polar surface area (TPSA) is 40.5 Å². The highest BCUT2D eigenvalue weighted by molar-refractivity contribution is 8.01. The third kappa shape index (κ3) is 10.3. The van der Waals surface area contributed by atoms with E-state index in [1.54, 1.807) is 0 Å². The van der Waals surface area contributed by atoms with Crippen LogP contribution in [0.25, 0.3) is 0 Å². The van der Waals surface area contributed by atoms with Crippen molar-refractivity contribution in [2.75, 3.05) is 13.2 Å². The molecule has 0 radical (unpaired) electrons. The summed E-state index contributed by atoms with van der Waals surface area (Å²) in [5.74, 6) is 0. The molecular formula is C26H48O2S2. The largest absolute Gasteiger partial charge is 0.396 e. The molecule has 0 saturated carbocycles. The summed E-state index contributed by atoms with van der Waals surface area (Å²) in [6, 6.07) is 0. The second-order valence-electron chi connectivity index (χ2n) is 11.3. The Morgan fingerprint density at radius 1 is 0.700 bits per heavy atom. The zero-order valence-electron chi connectivity index (χ0n) is 20.1. The van der Waals surface area contributed by atoms with E-state index >= 15 is 0 Å². The first kappa shape index (κ1) is 26.6. The van der Waals surface area contributed by atoms with Crippen molar-refractivity contribution < 1.29 is 10.2 Å². The van der Waals surface area contributed by atoms with Gasteiger partial charge in [-0.2, -0.15) is 23.5 Å². The van der Waals surface area contributed by atoms with Crippen molar-refractivity contribution in [3.8, 4) is 0 Å². The number of thioether (sulfide) groups is 2. The molecule has 2 saturated heterocycles. The molecule has 0 aliphatic carbocycles. The van der Waals surface area contributed by atoms with Crippen LogP contribution in [0.15, 0.2) is 12.2 Å². The summed E-state index contributed by atoms with van der Waals surface area (Å²) in [6.07, 6.45) is 20.6. The van der Waals surface area contributed by atoms with Crippen LogP contribution in [0.1, 0.15) is 105 Å². The number of aliphatic hydroxyl groups is 2. The summed E-state index contributed by atoms with van der Waals surface area (Å²) < 4.78 is 0. The van der Waals surface area contributed by atoms with Gasteiger partial charge in [0.05, 0.1) is 0 Å². The minimum Gasteiger partial charge on any atom is -0.396 e. The average molecular weight is 457 g/mol. The van der Waals surface area contributed by atoms with Gasteiger partial charge >= 0.3 is 0 Å². The molecule has 0 aromatic heterocycles. The van der Waals surface area contributed by atoms with Crippen LogP contribution in [0.3, 0.4) is 0 Å². The van der Waals surface area contributed by atoms with Crippen LogP contribution in [-0.4, -0.2) is 44.4 Å². The molecular weight excluding hydrogens is 408 g/mol. The van der Waals surface area contributed by atoms with Gasteiger partial charge in [-0.15, -0.1) is 0 Å². The van der Waals surface area contributed by atoms with Crippen LogP contribution in [0.4, 0.5) is 0 Å². The Morgan fingerprint density at radius 2 is 1.10 bits per heavy atom. The van der Waals surface area contributed by atoms with Crippen LogP contribution in [0.5, 0.6) is 0 Å². The van der Waals surface area contributed by atoms with Crippen molar-refractivity contribution in [2.45, 2.75) is 126 Å². The Kier molecular flexibility index (Phi) is 11.7. The molecule has 2 aliphatic rings. The van der Waals surface area contributed by atoms with Gasteiger partial charge in [-0.1, -0.05) is 65.5 Å². The first-order valence-corrected chi connectivity index (χ1v) is 14.3. The van der Waals surface area contributed by atoms with Gasteiger partial charge in [-0.05, 0) is 62.2 Å². The van der Waals surface area contributed by atoms with Crippen LogP contribution in [-0.2, 0) is 0 Å². The monoisotopic (exact) mass is 456 g/mol. The highest BCUT2D eigenvalue weighted by Gasteiger charge is 2.25. The van der Waals surface area contributed by atoms with Crippen LogP contribution < -0.4 is 0 Å². The zero-order chi connectivity index (χ0) is 22.0. The Balaban J connectivity index is 1.70. The smallest absolute Gasteiger partial charge is 0.0482 e. The lowest BCUT2D eigenvalue weighted by Crippen LogP contribution is -2.20. The standard InChI is InChI=1S/C26H48O2S2/c1-25(2,19-27)17-7-13-21-9-5-11-23(29-21)15-16-24-12-6-10-22(30-24)14-8-18-26(3,4)20-28/h15-16,21-24,27-28H,5-14,17-20H2,1-4H3. The van der Waals surface area contributed by atoms with Crippen LogP contribution in [0.2, 0.25) is 0 Å². The summed E-state index contributed by atoms with van der Waals surface area (Å²) in [4.78, 5) is 0. The van der Waals surface area contributed by atoms with Crippen molar-refractivity contribution in [2.24, 2.45) is 10.8 Å². The van der Waals surface area contributed by atoms with Crippen molar-refractivity contribution in [1.82, 2.24) is 0 Å². The van der Waals surface area contributed by atoms with E-state index < -0.39 is 0 Å². The fraction of sp³-hybridized carbons (Fsp3) is 0.923. The van der Waals surface area contributed by atoms with Gasteiger partial charge in [-0.25, -0.2) is 0 Å². The van der Waals surface area contributed by atoms with Crippen molar-refractivity contribution >= 4 is 23.5 Å². The second kappa shape index (κ2) is 13.2. The molecule has 4 unspecified atom stereocenters. The lowest BCUT2D eigenvalue weighted by molar-refractivity contribution is 0.147. The molecule has 2 N–H and O–H groups in total. The van der Waals surface area contributed by atoms with E-state index in [9.17, 15) is 10.2 Å². The molecule has 4 atom stereocenters. The minimum absolute atomic E-state index is 0.0846. The Morgan fingerprint density at radius 3 is 1.47 bits per heavy atom. The van der Waals surface area contributed by atoms with Crippen molar-refractivity contribution in [3.63, 3.8) is 0 Å². The normalized spacial score (nSPS) is 28.9. The molecule has 0 amide bonds. The van der Waals surface area contributed by atoms with Crippen molar-refractivity contribution in [1.29, 1.82) is 0 Å². The molecule has 2 aliphatic heterocycles. The summed E-state index contributed by atoms with van der Waals surface area (Å²) in [6.45, 7) is 9.31.